The maximum absolute atomic E-state index is 13.7. The van der Waals surface area contributed by atoms with Gasteiger partial charge < -0.3 is 10.6 Å². The molecule has 19 heavy (non-hydrogen) atoms. The van der Waals surface area contributed by atoms with Crippen LogP contribution in [0.5, 0.6) is 0 Å². The second-order valence-electron chi connectivity index (χ2n) is 4.48. The molecular weight excluding hydrogens is 246 g/mol. The highest BCUT2D eigenvalue weighted by atomic mass is 19.1. The number of nitrogens with zero attached hydrogens (tertiary/aromatic N) is 1. The average molecular weight is 262 g/mol. The molecule has 0 spiro atoms. The Labute approximate surface area is 111 Å². The minimum absolute atomic E-state index is 0.259. The molecule has 0 aliphatic rings. The highest BCUT2D eigenvalue weighted by Gasteiger charge is 2.10. The van der Waals surface area contributed by atoms with Gasteiger partial charge in [-0.15, -0.1) is 0 Å². The summed E-state index contributed by atoms with van der Waals surface area (Å²) in [6.45, 7) is 0.564. The molecule has 0 saturated heterocycles. The van der Waals surface area contributed by atoms with E-state index in [4.69, 9.17) is 5.73 Å². The lowest BCUT2D eigenvalue weighted by Gasteiger charge is -2.21. The zero-order valence-electron chi connectivity index (χ0n) is 10.7. The molecule has 0 aliphatic carbocycles. The molecule has 2 aromatic carbocycles. The van der Waals surface area contributed by atoms with Gasteiger partial charge in [0.2, 0.25) is 0 Å². The van der Waals surface area contributed by atoms with Crippen molar-refractivity contribution in [2.75, 3.05) is 24.2 Å². The van der Waals surface area contributed by atoms with Gasteiger partial charge in [0, 0.05) is 13.6 Å². The fraction of sp³-hybridized carbons (Fsp3) is 0.200. The Morgan fingerprint density at radius 2 is 1.84 bits per heavy atom. The number of likely N-dealkylation sites (N-methyl/N-ethyl adjacent to an activating group) is 1. The van der Waals surface area contributed by atoms with E-state index in [0.29, 0.717) is 24.3 Å². The first-order chi connectivity index (χ1) is 9.08. The van der Waals surface area contributed by atoms with Gasteiger partial charge in [-0.25, -0.2) is 8.78 Å². The summed E-state index contributed by atoms with van der Waals surface area (Å²) in [5, 5.41) is 0. The number of benzene rings is 2. The van der Waals surface area contributed by atoms with Gasteiger partial charge in [-0.2, -0.15) is 0 Å². The molecule has 0 aliphatic heterocycles. The van der Waals surface area contributed by atoms with Gasteiger partial charge in [-0.3, -0.25) is 0 Å². The normalized spacial score (nSPS) is 10.5. The fourth-order valence-corrected chi connectivity index (χ4v) is 2.04. The SMILES string of the molecule is CN(CCc1cccc(F)c1)c1c(N)cccc1F. The summed E-state index contributed by atoms with van der Waals surface area (Å²) in [7, 11) is 1.77. The molecular formula is C15H16F2N2. The van der Waals surface area contributed by atoms with Crippen LogP contribution in [0.15, 0.2) is 42.5 Å². The summed E-state index contributed by atoms with van der Waals surface area (Å²) in [6.07, 6.45) is 0.627. The highest BCUT2D eigenvalue weighted by Crippen LogP contribution is 2.25. The summed E-state index contributed by atoms with van der Waals surface area (Å²) in [4.78, 5) is 1.75. The molecule has 0 saturated carbocycles. The third-order valence-corrected chi connectivity index (χ3v) is 3.02. The van der Waals surface area contributed by atoms with E-state index in [1.165, 1.54) is 18.2 Å². The third-order valence-electron chi connectivity index (χ3n) is 3.02. The van der Waals surface area contributed by atoms with Crippen molar-refractivity contribution >= 4 is 11.4 Å². The van der Waals surface area contributed by atoms with Crippen molar-refractivity contribution < 1.29 is 8.78 Å². The van der Waals surface area contributed by atoms with E-state index in [0.717, 1.165) is 5.56 Å². The summed E-state index contributed by atoms with van der Waals surface area (Å²) in [5.74, 6) is -0.604. The molecule has 0 fully saturated rings. The fourth-order valence-electron chi connectivity index (χ4n) is 2.04. The lowest BCUT2D eigenvalue weighted by molar-refractivity contribution is 0.620. The Hall–Kier alpha value is -2.10. The van der Waals surface area contributed by atoms with Crippen molar-refractivity contribution in [2.24, 2.45) is 0 Å². The van der Waals surface area contributed by atoms with Crippen molar-refractivity contribution in [1.29, 1.82) is 0 Å². The van der Waals surface area contributed by atoms with Crippen LogP contribution in [0, 0.1) is 11.6 Å². The second kappa shape index (κ2) is 5.69. The van der Waals surface area contributed by atoms with Gasteiger partial charge in [0.1, 0.15) is 11.6 Å². The highest BCUT2D eigenvalue weighted by molar-refractivity contribution is 5.67. The number of hydrogen-bond donors (Lipinski definition) is 1. The van der Waals surface area contributed by atoms with Crippen LogP contribution in [0.4, 0.5) is 20.2 Å². The van der Waals surface area contributed by atoms with Gasteiger partial charge in [-0.1, -0.05) is 18.2 Å². The smallest absolute Gasteiger partial charge is 0.148 e. The lowest BCUT2D eigenvalue weighted by Crippen LogP contribution is -2.22. The number of nitrogen functional groups attached to an aromatic ring is 1. The maximum Gasteiger partial charge on any atom is 0.148 e. The number of hydrogen-bond acceptors (Lipinski definition) is 2. The van der Waals surface area contributed by atoms with Crippen LogP contribution in [0.2, 0.25) is 0 Å². The van der Waals surface area contributed by atoms with Gasteiger partial charge in [0.05, 0.1) is 11.4 Å². The molecule has 0 amide bonds. The maximum atomic E-state index is 13.7. The summed E-state index contributed by atoms with van der Waals surface area (Å²) in [5.41, 5.74) is 7.44. The van der Waals surface area contributed by atoms with Gasteiger partial charge in [0.15, 0.2) is 0 Å². The Bertz CT molecular complexity index is 550. The topological polar surface area (TPSA) is 29.3 Å². The molecule has 100 valence electrons. The molecule has 4 heteroatoms. The van der Waals surface area contributed by atoms with Gasteiger partial charge in [0.25, 0.3) is 0 Å². The van der Waals surface area contributed by atoms with E-state index in [1.807, 2.05) is 6.07 Å². The van der Waals surface area contributed by atoms with Crippen molar-refractivity contribution in [1.82, 2.24) is 0 Å². The van der Waals surface area contributed by atoms with E-state index in [9.17, 15) is 8.78 Å². The first-order valence-electron chi connectivity index (χ1n) is 6.07. The summed E-state index contributed by atoms with van der Waals surface area (Å²) < 4.78 is 26.8. The molecule has 0 radical (unpaired) electrons. The number of anilines is 2. The molecule has 0 heterocycles. The first-order valence-corrected chi connectivity index (χ1v) is 6.07. The quantitative estimate of drug-likeness (QED) is 0.857. The third kappa shape index (κ3) is 3.22. The van der Waals surface area contributed by atoms with Crippen LogP contribution >= 0.6 is 0 Å². The molecule has 2 N–H and O–H groups in total. The standard InChI is InChI=1S/C15H16F2N2/c1-19(15-13(17)6-3-7-14(15)18)9-8-11-4-2-5-12(16)10-11/h2-7,10H,8-9,18H2,1H3. The van der Waals surface area contributed by atoms with Crippen LogP contribution in [0.1, 0.15) is 5.56 Å². The number of para-hydroxylation sites is 1. The molecule has 0 aromatic heterocycles. The van der Waals surface area contributed by atoms with Crippen LogP contribution in [-0.2, 0) is 6.42 Å². The molecule has 2 rings (SSSR count). The largest absolute Gasteiger partial charge is 0.397 e. The van der Waals surface area contributed by atoms with E-state index in [1.54, 1.807) is 30.1 Å². The van der Waals surface area contributed by atoms with Crippen molar-refractivity contribution in [3.63, 3.8) is 0 Å². The molecule has 0 bridgehead atoms. The molecule has 0 atom stereocenters. The van der Waals surface area contributed by atoms with E-state index in [2.05, 4.69) is 0 Å². The summed E-state index contributed by atoms with van der Waals surface area (Å²) >= 11 is 0. The molecule has 0 unspecified atom stereocenters. The first kappa shape index (κ1) is 13.3. The minimum atomic E-state index is -0.346. The predicted octanol–water partition coefficient (Wildman–Crippen LogP) is 3.23. The van der Waals surface area contributed by atoms with Crippen LogP contribution in [0.25, 0.3) is 0 Å². The van der Waals surface area contributed by atoms with Gasteiger partial charge >= 0.3 is 0 Å². The van der Waals surface area contributed by atoms with Gasteiger partial charge in [-0.05, 0) is 36.2 Å². The predicted molar refractivity (Wildman–Crippen MR) is 74.2 cm³/mol. The number of rotatable bonds is 4. The Balaban J connectivity index is 2.07. The number of nitrogens with two attached hydrogens (primary N) is 1. The molecule has 2 aromatic rings. The lowest BCUT2D eigenvalue weighted by atomic mass is 10.1. The Kier molecular flexibility index (Phi) is 4.00. The Morgan fingerprint density at radius 3 is 2.53 bits per heavy atom. The van der Waals surface area contributed by atoms with Crippen LogP contribution in [-0.4, -0.2) is 13.6 Å². The molecule has 2 nitrogen and oxygen atoms in total. The van der Waals surface area contributed by atoms with Crippen molar-refractivity contribution in [2.45, 2.75) is 6.42 Å². The van der Waals surface area contributed by atoms with E-state index >= 15 is 0 Å². The summed E-state index contributed by atoms with van der Waals surface area (Å²) in [6, 6.07) is 11.0. The van der Waals surface area contributed by atoms with E-state index < -0.39 is 0 Å². The minimum Gasteiger partial charge on any atom is -0.397 e. The number of halogens is 2. The zero-order valence-corrected chi connectivity index (χ0v) is 10.7. The van der Waals surface area contributed by atoms with E-state index in [-0.39, 0.29) is 11.6 Å². The van der Waals surface area contributed by atoms with Crippen LogP contribution < -0.4 is 10.6 Å². The monoisotopic (exact) mass is 262 g/mol. The second-order valence-corrected chi connectivity index (χ2v) is 4.48. The van der Waals surface area contributed by atoms with Crippen LogP contribution in [0.3, 0.4) is 0 Å². The average Bonchev–Trinajstić information content (AvgIpc) is 2.36. The van der Waals surface area contributed by atoms with Crippen molar-refractivity contribution in [3.05, 3.63) is 59.7 Å². The zero-order chi connectivity index (χ0) is 13.8. The Morgan fingerprint density at radius 1 is 1.11 bits per heavy atom. The van der Waals surface area contributed by atoms with Crippen molar-refractivity contribution in [3.8, 4) is 0 Å².